The van der Waals surface area contributed by atoms with Crippen molar-refractivity contribution in [2.75, 3.05) is 0 Å². The van der Waals surface area contributed by atoms with E-state index in [-0.39, 0.29) is 17.9 Å². The second kappa shape index (κ2) is 9.45. The third-order valence-electron chi connectivity index (χ3n) is 4.55. The van der Waals surface area contributed by atoms with Crippen LogP contribution in [0.25, 0.3) is 0 Å². The molecule has 0 radical (unpaired) electrons. The van der Waals surface area contributed by atoms with Crippen LogP contribution in [0, 0.1) is 5.92 Å². The number of nitrogens with one attached hydrogen (secondary N) is 1. The molecule has 1 fully saturated rings. The van der Waals surface area contributed by atoms with Gasteiger partial charge in [-0.1, -0.05) is 52.0 Å². The molecule has 1 atom stereocenters. The van der Waals surface area contributed by atoms with Gasteiger partial charge in [0.25, 0.3) is 0 Å². The molecule has 6 heteroatoms. The minimum absolute atomic E-state index is 0.124. The zero-order valence-electron chi connectivity index (χ0n) is 14.7. The fourth-order valence-corrected chi connectivity index (χ4v) is 3.18. The van der Waals surface area contributed by atoms with Crippen molar-refractivity contribution in [3.63, 3.8) is 0 Å². The SMILES string of the molecule is C=C(N)Cc1nnc([C@H](CCCCC)NC(=O)C2CCCCC2)o1. The number of hydrogen-bond acceptors (Lipinski definition) is 5. The minimum atomic E-state index is -0.210. The van der Waals surface area contributed by atoms with Crippen molar-refractivity contribution in [2.24, 2.45) is 11.7 Å². The van der Waals surface area contributed by atoms with Crippen molar-refractivity contribution >= 4 is 5.91 Å². The summed E-state index contributed by atoms with van der Waals surface area (Å²) in [5.41, 5.74) is 6.08. The van der Waals surface area contributed by atoms with Crippen molar-refractivity contribution < 1.29 is 9.21 Å². The van der Waals surface area contributed by atoms with Crippen LogP contribution >= 0.6 is 0 Å². The van der Waals surface area contributed by atoms with Gasteiger partial charge in [-0.25, -0.2) is 0 Å². The van der Waals surface area contributed by atoms with Crippen LogP contribution < -0.4 is 11.1 Å². The maximum Gasteiger partial charge on any atom is 0.238 e. The first-order valence-corrected chi connectivity index (χ1v) is 9.16. The monoisotopic (exact) mass is 334 g/mol. The van der Waals surface area contributed by atoms with Gasteiger partial charge in [-0.15, -0.1) is 10.2 Å². The molecule has 0 aromatic carbocycles. The second-order valence-corrected chi connectivity index (χ2v) is 6.76. The van der Waals surface area contributed by atoms with Crippen LogP contribution in [0.1, 0.15) is 82.5 Å². The fraction of sp³-hybridized carbons (Fsp3) is 0.722. The van der Waals surface area contributed by atoms with Gasteiger partial charge >= 0.3 is 0 Å². The molecule has 24 heavy (non-hydrogen) atoms. The molecule has 0 spiro atoms. The third kappa shape index (κ3) is 5.65. The Balaban J connectivity index is 2.01. The minimum Gasteiger partial charge on any atom is -0.423 e. The van der Waals surface area contributed by atoms with Crippen molar-refractivity contribution in [1.29, 1.82) is 0 Å². The Bertz CT molecular complexity index is 535. The van der Waals surface area contributed by atoms with E-state index >= 15 is 0 Å². The summed E-state index contributed by atoms with van der Waals surface area (Å²) in [6, 6.07) is -0.210. The third-order valence-corrected chi connectivity index (χ3v) is 4.55. The van der Waals surface area contributed by atoms with E-state index in [2.05, 4.69) is 29.0 Å². The average molecular weight is 334 g/mol. The molecule has 1 heterocycles. The van der Waals surface area contributed by atoms with Gasteiger partial charge in [-0.05, 0) is 19.3 Å². The fourth-order valence-electron chi connectivity index (χ4n) is 3.18. The van der Waals surface area contributed by atoms with Crippen molar-refractivity contribution in [3.8, 4) is 0 Å². The van der Waals surface area contributed by atoms with Gasteiger partial charge in [0.05, 0.1) is 6.42 Å². The van der Waals surface area contributed by atoms with Crippen molar-refractivity contribution in [1.82, 2.24) is 15.5 Å². The van der Waals surface area contributed by atoms with E-state index in [0.717, 1.165) is 51.4 Å². The van der Waals surface area contributed by atoms with Crippen LogP contribution in [0.3, 0.4) is 0 Å². The number of nitrogens with two attached hydrogens (primary N) is 1. The lowest BCUT2D eigenvalue weighted by Gasteiger charge is -2.23. The Labute approximate surface area is 144 Å². The Morgan fingerprint density at radius 3 is 2.75 bits per heavy atom. The first kappa shape index (κ1) is 18.5. The standard InChI is InChI=1S/C18H30N4O2/c1-3-4-6-11-15(18-22-21-16(24-18)12-13(2)19)20-17(23)14-9-7-5-8-10-14/h14-15H,2-12,19H2,1H3,(H,20,23)/t15-/m0/s1. The van der Waals surface area contributed by atoms with E-state index in [1.807, 2.05) is 0 Å². The zero-order valence-corrected chi connectivity index (χ0v) is 14.7. The Hall–Kier alpha value is -1.85. The summed E-state index contributed by atoms with van der Waals surface area (Å²) in [5.74, 6) is 1.18. The van der Waals surface area contributed by atoms with E-state index in [1.54, 1.807) is 0 Å². The van der Waals surface area contributed by atoms with Crippen LogP contribution in [-0.4, -0.2) is 16.1 Å². The molecule has 1 aromatic rings. The maximum absolute atomic E-state index is 12.6. The summed E-state index contributed by atoms with van der Waals surface area (Å²) in [4.78, 5) is 12.6. The molecule has 1 saturated carbocycles. The van der Waals surface area contributed by atoms with Crippen LogP contribution in [0.5, 0.6) is 0 Å². The molecule has 0 saturated heterocycles. The van der Waals surface area contributed by atoms with Gasteiger partial charge < -0.3 is 15.5 Å². The number of rotatable bonds is 9. The molecular weight excluding hydrogens is 304 g/mol. The summed E-state index contributed by atoms with van der Waals surface area (Å²) in [5, 5.41) is 11.3. The first-order chi connectivity index (χ1) is 11.6. The zero-order chi connectivity index (χ0) is 17.4. The Morgan fingerprint density at radius 1 is 1.33 bits per heavy atom. The molecule has 0 unspecified atom stereocenters. The predicted octanol–water partition coefficient (Wildman–Crippen LogP) is 3.40. The highest BCUT2D eigenvalue weighted by molar-refractivity contribution is 5.79. The molecular formula is C18H30N4O2. The quantitative estimate of drug-likeness (QED) is 0.675. The van der Waals surface area contributed by atoms with Crippen LogP contribution in [0.15, 0.2) is 16.7 Å². The second-order valence-electron chi connectivity index (χ2n) is 6.76. The topological polar surface area (TPSA) is 94.0 Å². The normalized spacial score (nSPS) is 16.7. The van der Waals surface area contributed by atoms with E-state index < -0.39 is 0 Å². The number of carbonyl (C=O) groups is 1. The first-order valence-electron chi connectivity index (χ1n) is 9.16. The summed E-state index contributed by atoms with van der Waals surface area (Å²) < 4.78 is 5.70. The van der Waals surface area contributed by atoms with Crippen molar-refractivity contribution in [3.05, 3.63) is 24.1 Å². The summed E-state index contributed by atoms with van der Waals surface area (Å²) in [6.45, 7) is 5.82. The maximum atomic E-state index is 12.6. The van der Waals surface area contributed by atoms with Gasteiger partial charge in [-0.2, -0.15) is 0 Å². The highest BCUT2D eigenvalue weighted by atomic mass is 16.4. The molecule has 1 amide bonds. The van der Waals surface area contributed by atoms with Gasteiger partial charge in [0.2, 0.25) is 17.7 Å². The molecule has 134 valence electrons. The van der Waals surface area contributed by atoms with Crippen LogP contribution in [-0.2, 0) is 11.2 Å². The number of aromatic nitrogens is 2. The molecule has 3 N–H and O–H groups in total. The summed E-state index contributed by atoms with van der Waals surface area (Å²) in [6.07, 6.45) is 9.94. The summed E-state index contributed by atoms with van der Waals surface area (Å²) >= 11 is 0. The smallest absolute Gasteiger partial charge is 0.238 e. The molecule has 1 aromatic heterocycles. The van der Waals surface area contributed by atoms with Gasteiger partial charge in [0, 0.05) is 11.6 Å². The average Bonchev–Trinajstić information content (AvgIpc) is 3.02. The number of allylic oxidation sites excluding steroid dienone is 1. The number of amides is 1. The van der Waals surface area contributed by atoms with Gasteiger partial charge in [0.15, 0.2) is 0 Å². The molecule has 0 bridgehead atoms. The largest absolute Gasteiger partial charge is 0.423 e. The Kier molecular flexibility index (Phi) is 7.28. The van der Waals surface area contributed by atoms with E-state index in [9.17, 15) is 4.79 Å². The van der Waals surface area contributed by atoms with Crippen LogP contribution in [0.4, 0.5) is 0 Å². The van der Waals surface area contributed by atoms with Gasteiger partial charge in [-0.3, -0.25) is 4.79 Å². The lowest BCUT2D eigenvalue weighted by atomic mass is 9.88. The van der Waals surface area contributed by atoms with E-state index in [4.69, 9.17) is 10.2 Å². The van der Waals surface area contributed by atoms with Gasteiger partial charge in [0.1, 0.15) is 6.04 Å². The van der Waals surface area contributed by atoms with E-state index in [0.29, 0.717) is 23.9 Å². The van der Waals surface area contributed by atoms with Crippen molar-refractivity contribution in [2.45, 2.75) is 77.2 Å². The highest BCUT2D eigenvalue weighted by Crippen LogP contribution is 2.26. The number of unbranched alkanes of at least 4 members (excludes halogenated alkanes) is 2. The van der Waals surface area contributed by atoms with E-state index in [1.165, 1.54) is 6.42 Å². The number of nitrogens with zero attached hydrogens (tertiary/aromatic N) is 2. The number of carbonyl (C=O) groups excluding carboxylic acids is 1. The molecule has 1 aliphatic carbocycles. The molecule has 2 rings (SSSR count). The lowest BCUT2D eigenvalue weighted by molar-refractivity contribution is -0.127. The lowest BCUT2D eigenvalue weighted by Crippen LogP contribution is -2.35. The number of hydrogen-bond donors (Lipinski definition) is 2. The highest BCUT2D eigenvalue weighted by Gasteiger charge is 2.26. The predicted molar refractivity (Wildman–Crippen MR) is 92.9 cm³/mol. The Morgan fingerprint density at radius 2 is 2.08 bits per heavy atom. The molecule has 0 aliphatic heterocycles. The molecule has 1 aliphatic rings. The summed E-state index contributed by atoms with van der Waals surface area (Å²) in [7, 11) is 0. The van der Waals surface area contributed by atoms with Crippen LogP contribution in [0.2, 0.25) is 0 Å². The molecule has 6 nitrogen and oxygen atoms in total.